The smallest absolute Gasteiger partial charge is 0.421 e. The van der Waals surface area contributed by atoms with E-state index in [-0.39, 0.29) is 0 Å². The summed E-state index contributed by atoms with van der Waals surface area (Å²) >= 11 is 0. The number of ether oxygens (including phenoxy) is 1. The van der Waals surface area contributed by atoms with Gasteiger partial charge in [0.2, 0.25) is 5.82 Å². The van der Waals surface area contributed by atoms with E-state index in [1.165, 1.54) is 6.08 Å². The molecule has 2 aromatic rings. The molecule has 0 N–H and O–H groups in total. The van der Waals surface area contributed by atoms with Gasteiger partial charge in [0.15, 0.2) is 23.3 Å². The van der Waals surface area contributed by atoms with Crippen LogP contribution in [0.2, 0.25) is 0 Å². The third kappa shape index (κ3) is 4.01. The molecule has 134 valence electrons. The van der Waals surface area contributed by atoms with Gasteiger partial charge in [-0.05, 0) is 11.6 Å². The first kappa shape index (κ1) is 19.0. The topological polar surface area (TPSA) is 62.7 Å². The first-order valence-corrected chi connectivity index (χ1v) is 6.99. The molecule has 2 rings (SSSR count). The number of hydrogen-bond donors (Lipinski definition) is 0. The van der Waals surface area contributed by atoms with Crippen molar-refractivity contribution in [2.75, 3.05) is 0 Å². The van der Waals surface area contributed by atoms with Crippen LogP contribution in [0.3, 0.4) is 0 Å². The lowest BCUT2D eigenvalue weighted by molar-refractivity contribution is -0.141. The quantitative estimate of drug-likeness (QED) is 0.153. The third-order valence-corrected chi connectivity index (χ3v) is 3.20. The minimum atomic E-state index is -2.32. The second-order valence-electron chi connectivity index (χ2n) is 4.85. The van der Waals surface area contributed by atoms with Crippen molar-refractivity contribution in [1.82, 2.24) is 0 Å². The van der Waals surface area contributed by atoms with E-state index in [4.69, 9.17) is 5.53 Å². The fraction of sp³-hybridized carbons (Fsp3) is 0.0588. The van der Waals surface area contributed by atoms with E-state index in [1.807, 2.05) is 0 Å². The third-order valence-electron chi connectivity index (χ3n) is 3.20. The van der Waals surface area contributed by atoms with Crippen molar-refractivity contribution in [3.05, 3.63) is 82.2 Å². The molecule has 0 heterocycles. The number of esters is 1. The van der Waals surface area contributed by atoms with Crippen LogP contribution >= 0.6 is 0 Å². The van der Waals surface area contributed by atoms with Crippen LogP contribution < -0.4 is 0 Å². The fourth-order valence-electron chi connectivity index (χ4n) is 1.87. The maximum absolute atomic E-state index is 13.5. The van der Waals surface area contributed by atoms with Crippen LogP contribution in [0, 0.1) is 29.1 Å². The standard InChI is InChI=1S/C17H9F5N2O2/c18-12-10(13(19)15(21)16(22)14(12)20)8-26-17(25)11(24-23)7-6-9-4-2-1-3-5-9/h1-7H,8H2/b7-6+. The van der Waals surface area contributed by atoms with Crippen LogP contribution in [-0.2, 0) is 16.1 Å². The van der Waals surface area contributed by atoms with Crippen molar-refractivity contribution in [3.63, 3.8) is 0 Å². The molecule has 0 aliphatic carbocycles. The Morgan fingerprint density at radius 2 is 1.50 bits per heavy atom. The Hall–Kier alpha value is -3.32. The molecule has 0 unspecified atom stereocenters. The molecular weight excluding hydrogens is 359 g/mol. The predicted octanol–water partition coefficient (Wildman–Crippen LogP) is 3.81. The van der Waals surface area contributed by atoms with Crippen LogP contribution in [0.15, 0.2) is 36.4 Å². The number of rotatable bonds is 5. The Labute approximate surface area is 143 Å². The molecule has 0 atom stereocenters. The molecule has 0 bridgehead atoms. The van der Waals surface area contributed by atoms with Gasteiger partial charge in [-0.1, -0.05) is 30.3 Å². The highest BCUT2D eigenvalue weighted by molar-refractivity contribution is 6.39. The Kier molecular flexibility index (Phi) is 5.98. The number of hydrogen-bond acceptors (Lipinski definition) is 2. The highest BCUT2D eigenvalue weighted by Crippen LogP contribution is 2.23. The van der Waals surface area contributed by atoms with Gasteiger partial charge in [0.1, 0.15) is 6.61 Å². The molecular formula is C17H9F5N2O2. The molecule has 4 nitrogen and oxygen atoms in total. The summed E-state index contributed by atoms with van der Waals surface area (Å²) in [5.41, 5.74) is 7.50. The number of benzene rings is 2. The average molecular weight is 368 g/mol. The highest BCUT2D eigenvalue weighted by Gasteiger charge is 2.27. The zero-order chi connectivity index (χ0) is 19.3. The first-order chi connectivity index (χ1) is 12.4. The molecule has 0 spiro atoms. The Morgan fingerprint density at radius 3 is 2.04 bits per heavy atom. The van der Waals surface area contributed by atoms with Gasteiger partial charge >= 0.3 is 11.7 Å². The zero-order valence-electron chi connectivity index (χ0n) is 12.8. The maximum Gasteiger partial charge on any atom is 0.421 e. The summed E-state index contributed by atoms with van der Waals surface area (Å²) < 4.78 is 70.6. The van der Waals surface area contributed by atoms with Crippen LogP contribution in [0.1, 0.15) is 11.1 Å². The second kappa shape index (κ2) is 8.17. The van der Waals surface area contributed by atoms with Crippen molar-refractivity contribution in [2.24, 2.45) is 0 Å². The van der Waals surface area contributed by atoms with Crippen LogP contribution in [0.25, 0.3) is 11.6 Å². The number of halogens is 5. The minimum absolute atomic E-state index is 0.640. The van der Waals surface area contributed by atoms with Gasteiger partial charge in [0.25, 0.3) is 0 Å². The van der Waals surface area contributed by atoms with E-state index >= 15 is 0 Å². The predicted molar refractivity (Wildman–Crippen MR) is 80.1 cm³/mol. The molecule has 0 aliphatic rings. The van der Waals surface area contributed by atoms with E-state index in [0.29, 0.717) is 5.56 Å². The molecule has 0 amide bonds. The van der Waals surface area contributed by atoms with Gasteiger partial charge in [-0.3, -0.25) is 0 Å². The summed E-state index contributed by atoms with van der Waals surface area (Å²) in [4.78, 5) is 14.4. The summed E-state index contributed by atoms with van der Waals surface area (Å²) in [7, 11) is 0. The molecule has 26 heavy (non-hydrogen) atoms. The largest absolute Gasteiger partial charge is 0.452 e. The summed E-state index contributed by atoms with van der Waals surface area (Å²) in [6.45, 7) is -1.25. The van der Waals surface area contributed by atoms with Gasteiger partial charge in [-0.15, -0.1) is 0 Å². The van der Waals surface area contributed by atoms with Gasteiger partial charge in [0, 0.05) is 6.08 Å². The molecule has 0 fully saturated rings. The lowest BCUT2D eigenvalue weighted by Crippen LogP contribution is -2.18. The van der Waals surface area contributed by atoms with Crippen molar-refractivity contribution >= 4 is 17.8 Å². The fourth-order valence-corrected chi connectivity index (χ4v) is 1.87. The zero-order valence-corrected chi connectivity index (χ0v) is 12.8. The summed E-state index contributed by atoms with van der Waals surface area (Å²) in [6, 6.07) is 8.50. The number of carbonyl (C=O) groups excluding carboxylic acids is 1. The van der Waals surface area contributed by atoms with Gasteiger partial charge in [-0.2, -0.15) is 4.79 Å². The molecule has 0 aromatic heterocycles. The lowest BCUT2D eigenvalue weighted by Gasteiger charge is -2.07. The SMILES string of the molecule is [N-]=[N+]=C(/C=C/c1ccccc1)C(=O)OCc1c(F)c(F)c(F)c(F)c1F. The molecule has 9 heteroatoms. The van der Waals surface area contributed by atoms with Crippen LogP contribution in [0.5, 0.6) is 0 Å². The minimum Gasteiger partial charge on any atom is -0.452 e. The van der Waals surface area contributed by atoms with Crippen LogP contribution in [0.4, 0.5) is 22.0 Å². The lowest BCUT2D eigenvalue weighted by atomic mass is 10.2. The van der Waals surface area contributed by atoms with Crippen LogP contribution in [-0.4, -0.2) is 16.5 Å². The van der Waals surface area contributed by atoms with Gasteiger partial charge < -0.3 is 10.3 Å². The van der Waals surface area contributed by atoms with E-state index < -0.39 is 52.9 Å². The maximum atomic E-state index is 13.5. The van der Waals surface area contributed by atoms with E-state index in [9.17, 15) is 26.7 Å². The van der Waals surface area contributed by atoms with E-state index in [0.717, 1.165) is 6.08 Å². The van der Waals surface area contributed by atoms with Gasteiger partial charge in [0.05, 0.1) is 5.56 Å². The van der Waals surface area contributed by atoms with Crippen molar-refractivity contribution in [2.45, 2.75) is 6.61 Å². The Bertz CT molecular complexity index is 893. The molecule has 0 radical (unpaired) electrons. The molecule has 2 aromatic carbocycles. The molecule has 0 saturated heterocycles. The summed E-state index contributed by atoms with van der Waals surface area (Å²) in [5.74, 6) is -12.2. The Balaban J connectivity index is 2.15. The van der Waals surface area contributed by atoms with Crippen molar-refractivity contribution < 1.29 is 36.3 Å². The Morgan fingerprint density at radius 1 is 0.962 bits per heavy atom. The summed E-state index contributed by atoms with van der Waals surface area (Å²) in [6.07, 6.45) is 2.44. The van der Waals surface area contributed by atoms with Crippen molar-refractivity contribution in [3.8, 4) is 0 Å². The molecule has 0 saturated carbocycles. The average Bonchev–Trinajstić information content (AvgIpc) is 2.66. The first-order valence-electron chi connectivity index (χ1n) is 6.99. The number of nitrogens with zero attached hydrogens (tertiary/aromatic N) is 2. The second-order valence-corrected chi connectivity index (χ2v) is 4.85. The van der Waals surface area contributed by atoms with E-state index in [1.54, 1.807) is 30.3 Å². The molecule has 0 aliphatic heterocycles. The normalized spacial score (nSPS) is 10.7. The highest BCUT2D eigenvalue weighted by atomic mass is 19.2. The monoisotopic (exact) mass is 368 g/mol. The summed E-state index contributed by atoms with van der Waals surface area (Å²) in [5, 5.41) is 0. The van der Waals surface area contributed by atoms with E-state index in [2.05, 4.69) is 9.53 Å². The van der Waals surface area contributed by atoms with Crippen molar-refractivity contribution in [1.29, 1.82) is 0 Å². The number of carbonyl (C=O) groups is 1. The van der Waals surface area contributed by atoms with Gasteiger partial charge in [-0.25, -0.2) is 26.7 Å².